The molecular formula is C4H3N5S. The van der Waals surface area contributed by atoms with E-state index in [2.05, 4.69) is 15.3 Å². The average molecular weight is 153 g/mol. The van der Waals surface area contributed by atoms with E-state index in [1.165, 1.54) is 11.0 Å². The third-order valence-electron chi connectivity index (χ3n) is 0.775. The molecule has 0 atom stereocenters. The maximum absolute atomic E-state index is 8.08. The van der Waals surface area contributed by atoms with Crippen molar-refractivity contribution in [2.75, 3.05) is 0 Å². The quantitative estimate of drug-likeness (QED) is 0.466. The molecule has 0 saturated heterocycles. The van der Waals surface area contributed by atoms with Crippen LogP contribution in [0.3, 0.4) is 0 Å². The minimum absolute atomic E-state index is 0.367. The van der Waals surface area contributed by atoms with Crippen LogP contribution in [0.1, 0.15) is 0 Å². The summed E-state index contributed by atoms with van der Waals surface area (Å²) < 4.78 is 1.66. The number of aromatic amines is 1. The first-order chi connectivity index (χ1) is 4.84. The average Bonchev–Trinajstić information content (AvgIpc) is 2.31. The zero-order valence-electron chi connectivity index (χ0n) is 4.85. The Labute approximate surface area is 61.6 Å². The van der Waals surface area contributed by atoms with Gasteiger partial charge in [0.1, 0.15) is 18.6 Å². The van der Waals surface area contributed by atoms with E-state index in [0.717, 1.165) is 6.21 Å². The maximum Gasteiger partial charge on any atom is 0.216 e. The highest BCUT2D eigenvalue weighted by Gasteiger charge is 1.84. The van der Waals surface area contributed by atoms with Gasteiger partial charge in [0.25, 0.3) is 0 Å². The van der Waals surface area contributed by atoms with E-state index < -0.39 is 0 Å². The van der Waals surface area contributed by atoms with Gasteiger partial charge in [-0.3, -0.25) is 5.10 Å². The van der Waals surface area contributed by atoms with Crippen LogP contribution in [0.2, 0.25) is 0 Å². The van der Waals surface area contributed by atoms with Gasteiger partial charge in [0.2, 0.25) is 4.77 Å². The van der Waals surface area contributed by atoms with E-state index >= 15 is 0 Å². The van der Waals surface area contributed by atoms with Crippen molar-refractivity contribution >= 4 is 18.4 Å². The Morgan fingerprint density at radius 2 is 2.80 bits per heavy atom. The molecule has 0 fully saturated rings. The van der Waals surface area contributed by atoms with E-state index in [1.54, 1.807) is 6.07 Å². The first-order valence-electron chi connectivity index (χ1n) is 2.39. The topological polar surface area (TPSA) is 69.8 Å². The predicted molar refractivity (Wildman–Crippen MR) is 36.9 cm³/mol. The summed E-state index contributed by atoms with van der Waals surface area (Å²) in [5.74, 6) is 0. The van der Waals surface area contributed by atoms with Crippen molar-refractivity contribution in [1.82, 2.24) is 14.9 Å². The van der Waals surface area contributed by atoms with Crippen LogP contribution in [0.4, 0.5) is 0 Å². The number of nitrogens with zero attached hydrogens (tertiary/aromatic N) is 4. The molecule has 0 amide bonds. The zero-order valence-corrected chi connectivity index (χ0v) is 5.67. The summed E-state index contributed by atoms with van der Waals surface area (Å²) in [6.45, 7) is 0. The lowest BCUT2D eigenvalue weighted by Gasteiger charge is -1.82. The largest absolute Gasteiger partial charge is 0.250 e. The molecule has 0 radical (unpaired) electrons. The van der Waals surface area contributed by atoms with Crippen LogP contribution >= 0.6 is 12.2 Å². The van der Waals surface area contributed by atoms with Crippen molar-refractivity contribution in [3.63, 3.8) is 0 Å². The second kappa shape index (κ2) is 2.89. The summed E-state index contributed by atoms with van der Waals surface area (Å²) in [5, 5.41) is 17.8. The molecule has 5 nitrogen and oxygen atoms in total. The normalized spacial score (nSPS) is 9.90. The fraction of sp³-hybridized carbons (Fsp3) is 0. The van der Waals surface area contributed by atoms with Crippen LogP contribution in [0, 0.1) is 16.1 Å². The Kier molecular flexibility index (Phi) is 1.92. The smallest absolute Gasteiger partial charge is 0.216 e. The summed E-state index contributed by atoms with van der Waals surface area (Å²) in [6.07, 6.45) is 2.46. The second-order valence-electron chi connectivity index (χ2n) is 1.38. The Bertz CT molecular complexity index is 326. The third kappa shape index (κ3) is 1.27. The molecular weight excluding hydrogens is 150 g/mol. The molecule has 0 aliphatic rings. The summed E-state index contributed by atoms with van der Waals surface area (Å²) >= 11 is 4.72. The molecule has 0 bridgehead atoms. The Hall–Kier alpha value is -1.48. The lowest BCUT2D eigenvalue weighted by molar-refractivity contribution is 0.864. The molecule has 6 heteroatoms. The van der Waals surface area contributed by atoms with Crippen molar-refractivity contribution in [3.8, 4) is 6.07 Å². The fourth-order valence-electron chi connectivity index (χ4n) is 0.413. The highest BCUT2D eigenvalue weighted by Crippen LogP contribution is 1.83. The molecule has 1 aromatic heterocycles. The van der Waals surface area contributed by atoms with E-state index in [0.29, 0.717) is 4.77 Å². The molecule has 0 aliphatic carbocycles. The van der Waals surface area contributed by atoms with E-state index in [1.807, 2.05) is 0 Å². The standard InChI is InChI=1S/C4H3N5S/c5-1-2-7-9-3-6-8-4(9)10/h2-3H,(H,8,10)/b7-2+. The number of aromatic nitrogens is 3. The minimum Gasteiger partial charge on any atom is -0.250 e. The molecule has 10 heavy (non-hydrogen) atoms. The summed E-state index contributed by atoms with van der Waals surface area (Å²) in [6, 6.07) is 1.73. The van der Waals surface area contributed by atoms with Crippen LogP contribution in [-0.2, 0) is 0 Å². The summed E-state index contributed by atoms with van der Waals surface area (Å²) in [4.78, 5) is 0. The first kappa shape index (κ1) is 6.64. The van der Waals surface area contributed by atoms with Gasteiger partial charge in [0.05, 0.1) is 0 Å². The molecule has 0 saturated carbocycles. The van der Waals surface area contributed by atoms with E-state index in [4.69, 9.17) is 17.5 Å². The lowest BCUT2D eigenvalue weighted by atomic mass is 10.9. The molecule has 1 N–H and O–H groups in total. The van der Waals surface area contributed by atoms with Crippen LogP contribution in [-0.4, -0.2) is 21.1 Å². The number of hydrogen-bond acceptors (Lipinski definition) is 4. The van der Waals surface area contributed by atoms with Crippen LogP contribution in [0.5, 0.6) is 0 Å². The van der Waals surface area contributed by atoms with Gasteiger partial charge in [-0.05, 0) is 12.2 Å². The molecule has 0 spiro atoms. The van der Waals surface area contributed by atoms with Gasteiger partial charge in [-0.1, -0.05) is 0 Å². The zero-order chi connectivity index (χ0) is 7.40. The van der Waals surface area contributed by atoms with Crippen molar-refractivity contribution < 1.29 is 0 Å². The van der Waals surface area contributed by atoms with Crippen LogP contribution in [0.15, 0.2) is 11.4 Å². The third-order valence-corrected chi connectivity index (χ3v) is 1.05. The summed E-state index contributed by atoms with van der Waals surface area (Å²) in [5.41, 5.74) is 0. The predicted octanol–water partition coefficient (Wildman–Crippen LogP) is 0.298. The number of nitrogens with one attached hydrogen (secondary N) is 1. The van der Waals surface area contributed by atoms with Crippen LogP contribution < -0.4 is 0 Å². The first-order valence-corrected chi connectivity index (χ1v) is 2.80. The number of rotatable bonds is 1. The Morgan fingerprint density at radius 3 is 3.30 bits per heavy atom. The molecule has 0 unspecified atom stereocenters. The van der Waals surface area contributed by atoms with Gasteiger partial charge in [0, 0.05) is 0 Å². The monoisotopic (exact) mass is 153 g/mol. The van der Waals surface area contributed by atoms with Gasteiger partial charge < -0.3 is 0 Å². The second-order valence-corrected chi connectivity index (χ2v) is 1.77. The molecule has 0 aliphatic heterocycles. The van der Waals surface area contributed by atoms with Crippen molar-refractivity contribution in [3.05, 3.63) is 11.1 Å². The van der Waals surface area contributed by atoms with Crippen molar-refractivity contribution in [2.45, 2.75) is 0 Å². The highest BCUT2D eigenvalue weighted by molar-refractivity contribution is 7.71. The SMILES string of the molecule is N#C/C=N/n1cn[nH]c1=S. The van der Waals surface area contributed by atoms with Gasteiger partial charge in [-0.15, -0.1) is 0 Å². The Morgan fingerprint density at radius 1 is 2.00 bits per heavy atom. The van der Waals surface area contributed by atoms with E-state index in [-0.39, 0.29) is 0 Å². The maximum atomic E-state index is 8.08. The molecule has 50 valence electrons. The molecule has 1 aromatic rings. The highest BCUT2D eigenvalue weighted by atomic mass is 32.1. The minimum atomic E-state index is 0.367. The van der Waals surface area contributed by atoms with Crippen molar-refractivity contribution in [2.24, 2.45) is 5.10 Å². The Balaban J connectivity index is 2.98. The fourth-order valence-corrected chi connectivity index (χ4v) is 0.560. The summed E-state index contributed by atoms with van der Waals surface area (Å²) in [7, 11) is 0. The lowest BCUT2D eigenvalue weighted by Crippen LogP contribution is -1.84. The number of H-pyrrole nitrogens is 1. The number of nitriles is 1. The molecule has 1 heterocycles. The van der Waals surface area contributed by atoms with E-state index in [9.17, 15) is 0 Å². The van der Waals surface area contributed by atoms with Gasteiger partial charge in [0.15, 0.2) is 0 Å². The number of hydrogen-bond donors (Lipinski definition) is 1. The van der Waals surface area contributed by atoms with Gasteiger partial charge in [-0.25, -0.2) is 0 Å². The molecule has 1 rings (SSSR count). The molecule has 0 aromatic carbocycles. The van der Waals surface area contributed by atoms with Gasteiger partial charge in [-0.2, -0.15) is 20.1 Å². The van der Waals surface area contributed by atoms with Gasteiger partial charge >= 0.3 is 0 Å². The van der Waals surface area contributed by atoms with Crippen LogP contribution in [0.25, 0.3) is 0 Å². The van der Waals surface area contributed by atoms with Crippen molar-refractivity contribution in [1.29, 1.82) is 5.26 Å².